The van der Waals surface area contributed by atoms with E-state index in [0.29, 0.717) is 0 Å². The smallest absolute Gasteiger partial charge is 0.308 e. The van der Waals surface area contributed by atoms with Gasteiger partial charge in [0, 0.05) is 11.1 Å². The number of hydrogen-bond acceptors (Lipinski definition) is 4. The van der Waals surface area contributed by atoms with E-state index in [2.05, 4.69) is 23.8 Å². The van der Waals surface area contributed by atoms with Crippen LogP contribution in [0.2, 0.25) is 0 Å². The van der Waals surface area contributed by atoms with Crippen LogP contribution < -0.4 is 10.6 Å². The summed E-state index contributed by atoms with van der Waals surface area (Å²) >= 11 is 0. The van der Waals surface area contributed by atoms with Gasteiger partial charge >= 0.3 is 11.9 Å². The number of nitrogens with one attached hydrogen (secondary N) is 2. The average molecular weight is 270 g/mol. The molecule has 0 fully saturated rings. The van der Waals surface area contributed by atoms with Gasteiger partial charge < -0.3 is 20.8 Å². The highest BCUT2D eigenvalue weighted by Crippen LogP contribution is 1.98. The SMILES string of the molecule is C=C(CC(=O)O)C(=O)NCNC(=O)C(=C)CC(=O)O. The highest BCUT2D eigenvalue weighted by atomic mass is 16.4. The number of carboxylic acids is 2. The zero-order valence-electron chi connectivity index (χ0n) is 10.1. The zero-order chi connectivity index (χ0) is 15.0. The summed E-state index contributed by atoms with van der Waals surface area (Å²) < 4.78 is 0. The van der Waals surface area contributed by atoms with Gasteiger partial charge in [-0.3, -0.25) is 19.2 Å². The molecule has 0 saturated carbocycles. The van der Waals surface area contributed by atoms with E-state index in [1.165, 1.54) is 0 Å². The molecule has 0 rings (SSSR count). The summed E-state index contributed by atoms with van der Waals surface area (Å²) in [5.41, 5.74) is -0.322. The summed E-state index contributed by atoms with van der Waals surface area (Å²) in [5.74, 6) is -3.82. The third-order valence-electron chi connectivity index (χ3n) is 1.87. The molecule has 0 atom stereocenters. The molecular formula is C11H14N2O6. The molecule has 104 valence electrons. The second-order valence-electron chi connectivity index (χ2n) is 3.54. The summed E-state index contributed by atoms with van der Waals surface area (Å²) in [4.78, 5) is 43.2. The molecule has 0 aromatic rings. The van der Waals surface area contributed by atoms with E-state index in [0.717, 1.165) is 0 Å². The van der Waals surface area contributed by atoms with Gasteiger partial charge in [-0.2, -0.15) is 0 Å². The van der Waals surface area contributed by atoms with Gasteiger partial charge in [-0.25, -0.2) is 0 Å². The number of hydrogen-bond donors (Lipinski definition) is 4. The third kappa shape index (κ3) is 7.31. The van der Waals surface area contributed by atoms with Crippen molar-refractivity contribution < 1.29 is 29.4 Å². The fourth-order valence-corrected chi connectivity index (χ4v) is 0.980. The summed E-state index contributed by atoms with van der Waals surface area (Å²) in [7, 11) is 0. The summed E-state index contributed by atoms with van der Waals surface area (Å²) in [6.45, 7) is 6.25. The molecule has 19 heavy (non-hydrogen) atoms. The van der Waals surface area contributed by atoms with Crippen molar-refractivity contribution in [3.05, 3.63) is 24.3 Å². The van der Waals surface area contributed by atoms with Crippen molar-refractivity contribution >= 4 is 23.8 Å². The number of aliphatic carboxylic acids is 2. The molecule has 2 amide bonds. The Kier molecular flexibility index (Phi) is 6.58. The van der Waals surface area contributed by atoms with Crippen molar-refractivity contribution in [1.29, 1.82) is 0 Å². The maximum absolute atomic E-state index is 11.3. The van der Waals surface area contributed by atoms with Crippen LogP contribution in [0.4, 0.5) is 0 Å². The molecule has 0 saturated heterocycles. The van der Waals surface area contributed by atoms with Crippen LogP contribution in [0.3, 0.4) is 0 Å². The van der Waals surface area contributed by atoms with E-state index in [9.17, 15) is 19.2 Å². The van der Waals surface area contributed by atoms with Crippen LogP contribution in [-0.2, 0) is 19.2 Å². The lowest BCUT2D eigenvalue weighted by Gasteiger charge is -2.08. The number of carbonyl (C=O) groups is 4. The Morgan fingerprint density at radius 1 is 0.789 bits per heavy atom. The zero-order valence-corrected chi connectivity index (χ0v) is 10.1. The minimum atomic E-state index is -1.20. The maximum Gasteiger partial charge on any atom is 0.308 e. The summed E-state index contributed by atoms with van der Waals surface area (Å²) in [6, 6.07) is 0. The highest BCUT2D eigenvalue weighted by Gasteiger charge is 2.12. The van der Waals surface area contributed by atoms with Crippen LogP contribution in [0.25, 0.3) is 0 Å². The highest BCUT2D eigenvalue weighted by molar-refractivity contribution is 5.98. The van der Waals surface area contributed by atoms with E-state index in [1.54, 1.807) is 0 Å². The van der Waals surface area contributed by atoms with Crippen molar-refractivity contribution in [3.8, 4) is 0 Å². The van der Waals surface area contributed by atoms with Crippen LogP contribution in [0.1, 0.15) is 12.8 Å². The first-order chi connectivity index (χ1) is 8.73. The standard InChI is InChI=1S/C11H14N2O6/c1-6(3-8(14)15)10(18)12-5-13-11(19)7(2)4-9(16)17/h1-5H2,(H,12,18)(H,13,19)(H,14,15)(H,16,17). The Bertz CT molecular complexity index is 400. The number of carbonyl (C=O) groups excluding carboxylic acids is 2. The molecule has 0 aromatic carbocycles. The first-order valence-corrected chi connectivity index (χ1v) is 5.09. The fraction of sp³-hybridized carbons (Fsp3) is 0.273. The normalized spacial score (nSPS) is 9.26. The van der Waals surface area contributed by atoms with Gasteiger partial charge in [0.2, 0.25) is 11.8 Å². The van der Waals surface area contributed by atoms with Crippen molar-refractivity contribution in [1.82, 2.24) is 10.6 Å². The Labute approximate surface area is 108 Å². The Balaban J connectivity index is 4.03. The molecule has 0 unspecified atom stereocenters. The van der Waals surface area contributed by atoms with E-state index >= 15 is 0 Å². The quantitative estimate of drug-likeness (QED) is 0.338. The van der Waals surface area contributed by atoms with Gasteiger partial charge in [-0.05, 0) is 0 Å². The molecule has 0 heterocycles. The monoisotopic (exact) mass is 270 g/mol. The van der Waals surface area contributed by atoms with Gasteiger partial charge in [0.1, 0.15) is 0 Å². The van der Waals surface area contributed by atoms with Gasteiger partial charge in [-0.15, -0.1) is 0 Å². The van der Waals surface area contributed by atoms with E-state index in [4.69, 9.17) is 10.2 Å². The topological polar surface area (TPSA) is 133 Å². The van der Waals surface area contributed by atoms with Gasteiger partial charge in [-0.1, -0.05) is 13.2 Å². The van der Waals surface area contributed by atoms with Gasteiger partial charge in [0.25, 0.3) is 0 Å². The first kappa shape index (κ1) is 16.4. The Morgan fingerprint density at radius 2 is 1.11 bits per heavy atom. The predicted octanol–water partition coefficient (Wildman–Crippen LogP) is -0.762. The van der Waals surface area contributed by atoms with Crippen molar-refractivity contribution in [2.75, 3.05) is 6.67 Å². The number of rotatable bonds is 8. The number of amides is 2. The van der Waals surface area contributed by atoms with Crippen LogP contribution >= 0.6 is 0 Å². The predicted molar refractivity (Wildman–Crippen MR) is 63.9 cm³/mol. The largest absolute Gasteiger partial charge is 0.481 e. The van der Waals surface area contributed by atoms with Crippen LogP contribution in [-0.4, -0.2) is 40.6 Å². The van der Waals surface area contributed by atoms with Gasteiger partial charge in [0.05, 0.1) is 19.5 Å². The minimum Gasteiger partial charge on any atom is -0.481 e. The van der Waals surface area contributed by atoms with Gasteiger partial charge in [0.15, 0.2) is 0 Å². The average Bonchev–Trinajstić information content (AvgIpc) is 2.26. The fourth-order valence-electron chi connectivity index (χ4n) is 0.980. The molecule has 0 aliphatic heterocycles. The molecular weight excluding hydrogens is 256 g/mol. The lowest BCUT2D eigenvalue weighted by molar-refractivity contribution is -0.137. The minimum absolute atomic E-state index is 0.161. The van der Waals surface area contributed by atoms with E-state index in [-0.39, 0.29) is 17.8 Å². The van der Waals surface area contributed by atoms with Crippen molar-refractivity contribution in [2.45, 2.75) is 12.8 Å². The molecule has 0 bridgehead atoms. The third-order valence-corrected chi connectivity index (χ3v) is 1.87. The Morgan fingerprint density at radius 3 is 1.37 bits per heavy atom. The molecule has 0 aliphatic rings. The molecule has 0 spiro atoms. The summed E-state index contributed by atoms with van der Waals surface area (Å²) in [6.07, 6.45) is -1.02. The first-order valence-electron chi connectivity index (χ1n) is 5.09. The van der Waals surface area contributed by atoms with E-state index in [1.807, 2.05) is 0 Å². The van der Waals surface area contributed by atoms with Crippen LogP contribution in [0.15, 0.2) is 24.3 Å². The molecule has 0 aliphatic carbocycles. The second kappa shape index (κ2) is 7.64. The number of carboxylic acid groups (broad SMARTS) is 2. The maximum atomic E-state index is 11.3. The van der Waals surface area contributed by atoms with Crippen LogP contribution in [0, 0.1) is 0 Å². The molecule has 8 heteroatoms. The lowest BCUT2D eigenvalue weighted by Crippen LogP contribution is -2.38. The molecule has 4 N–H and O–H groups in total. The summed E-state index contributed by atoms with van der Waals surface area (Å²) in [5, 5.41) is 21.3. The lowest BCUT2D eigenvalue weighted by atomic mass is 10.2. The molecule has 0 aromatic heterocycles. The van der Waals surface area contributed by atoms with Crippen molar-refractivity contribution in [3.63, 3.8) is 0 Å². The van der Waals surface area contributed by atoms with Crippen LogP contribution in [0.5, 0.6) is 0 Å². The Hall–Kier alpha value is -2.64. The van der Waals surface area contributed by atoms with Crippen molar-refractivity contribution in [2.24, 2.45) is 0 Å². The van der Waals surface area contributed by atoms with E-state index < -0.39 is 36.6 Å². The second-order valence-corrected chi connectivity index (χ2v) is 3.54. The molecule has 8 nitrogen and oxygen atoms in total. The molecule has 0 radical (unpaired) electrons.